The highest BCUT2D eigenvalue weighted by molar-refractivity contribution is 5.39. The van der Waals surface area contributed by atoms with E-state index in [0.29, 0.717) is 0 Å². The minimum atomic E-state index is -0.617. The predicted molar refractivity (Wildman–Crippen MR) is 51.8 cm³/mol. The first-order valence-corrected chi connectivity index (χ1v) is 4.36. The second-order valence-electron chi connectivity index (χ2n) is 2.64. The molecule has 0 saturated heterocycles. The first-order valence-electron chi connectivity index (χ1n) is 4.36. The Morgan fingerprint density at radius 3 is 2.80 bits per heavy atom. The Morgan fingerprint density at radius 1 is 1.40 bits per heavy atom. The first-order chi connectivity index (χ1) is 7.27. The van der Waals surface area contributed by atoms with Crippen molar-refractivity contribution in [2.45, 2.75) is 0 Å². The lowest BCUT2D eigenvalue weighted by Crippen LogP contribution is -1.99. The van der Waals surface area contributed by atoms with Crippen LogP contribution >= 0.6 is 0 Å². The molecule has 1 N–H and O–H groups in total. The third-order valence-corrected chi connectivity index (χ3v) is 1.59. The van der Waals surface area contributed by atoms with Crippen LogP contribution in [-0.2, 0) is 0 Å². The van der Waals surface area contributed by atoms with E-state index in [9.17, 15) is 8.78 Å². The van der Waals surface area contributed by atoms with Gasteiger partial charge in [-0.15, -0.1) is 0 Å². The molecule has 0 amide bonds. The van der Waals surface area contributed by atoms with Crippen molar-refractivity contribution in [1.82, 2.24) is 0 Å². The average molecular weight is 212 g/mol. The van der Waals surface area contributed by atoms with Gasteiger partial charge in [-0.3, -0.25) is 0 Å². The molecule has 0 radical (unpaired) electrons. The Balaban J connectivity index is 2.78. The standard InChI is InChI=1S/C11H10F2O2/c12-5-7-15-10-4-3-9(2-1-6-14)11(13)8-10/h3-4,8,14H,5-7H2. The average Bonchev–Trinajstić information content (AvgIpc) is 2.25. The molecule has 0 fully saturated rings. The molecule has 4 heteroatoms. The van der Waals surface area contributed by atoms with Crippen molar-refractivity contribution in [2.75, 3.05) is 19.9 Å². The monoisotopic (exact) mass is 212 g/mol. The fraction of sp³-hybridized carbons (Fsp3) is 0.273. The van der Waals surface area contributed by atoms with Crippen LogP contribution in [0.3, 0.4) is 0 Å². The number of hydrogen-bond donors (Lipinski definition) is 1. The van der Waals surface area contributed by atoms with Crippen molar-refractivity contribution < 1.29 is 18.6 Å². The molecule has 0 aliphatic rings. The van der Waals surface area contributed by atoms with E-state index in [2.05, 4.69) is 11.8 Å². The maximum atomic E-state index is 13.2. The van der Waals surface area contributed by atoms with Gasteiger partial charge in [-0.25, -0.2) is 8.78 Å². The summed E-state index contributed by atoms with van der Waals surface area (Å²) in [7, 11) is 0. The topological polar surface area (TPSA) is 29.5 Å². The van der Waals surface area contributed by atoms with Gasteiger partial charge in [0.05, 0.1) is 5.56 Å². The van der Waals surface area contributed by atoms with Crippen molar-refractivity contribution in [1.29, 1.82) is 0 Å². The summed E-state index contributed by atoms with van der Waals surface area (Å²) >= 11 is 0. The Kier molecular flexibility index (Phi) is 4.58. The van der Waals surface area contributed by atoms with Crippen LogP contribution in [0.1, 0.15) is 5.56 Å². The molecule has 1 aromatic rings. The van der Waals surface area contributed by atoms with Crippen molar-refractivity contribution in [3.8, 4) is 17.6 Å². The summed E-state index contributed by atoms with van der Waals surface area (Å²) in [5.41, 5.74) is 0.177. The Morgan fingerprint density at radius 2 is 2.20 bits per heavy atom. The number of rotatable bonds is 3. The predicted octanol–water partition coefficient (Wildman–Crippen LogP) is 1.52. The highest BCUT2D eigenvalue weighted by atomic mass is 19.1. The molecule has 0 spiro atoms. The van der Waals surface area contributed by atoms with Crippen LogP contribution in [0.2, 0.25) is 0 Å². The number of hydrogen-bond acceptors (Lipinski definition) is 2. The fourth-order valence-corrected chi connectivity index (χ4v) is 0.978. The second-order valence-corrected chi connectivity index (χ2v) is 2.64. The van der Waals surface area contributed by atoms with Crippen LogP contribution in [0.15, 0.2) is 18.2 Å². The van der Waals surface area contributed by atoms with Gasteiger partial charge in [0, 0.05) is 6.07 Å². The van der Waals surface area contributed by atoms with Crippen LogP contribution in [0.4, 0.5) is 8.78 Å². The molecule has 0 aromatic heterocycles. The number of aliphatic hydroxyl groups excluding tert-OH is 1. The number of benzene rings is 1. The zero-order chi connectivity index (χ0) is 11.1. The molecule has 80 valence electrons. The molecule has 0 aliphatic carbocycles. The number of ether oxygens (including phenoxy) is 1. The zero-order valence-electron chi connectivity index (χ0n) is 7.96. The van der Waals surface area contributed by atoms with E-state index >= 15 is 0 Å². The molecule has 2 nitrogen and oxygen atoms in total. The van der Waals surface area contributed by atoms with Gasteiger partial charge in [-0.05, 0) is 12.1 Å². The fourth-order valence-electron chi connectivity index (χ4n) is 0.978. The minimum Gasteiger partial charge on any atom is -0.491 e. The first kappa shape index (κ1) is 11.5. The molecular formula is C11H10F2O2. The third kappa shape index (κ3) is 3.56. The molecular weight excluding hydrogens is 202 g/mol. The van der Waals surface area contributed by atoms with Crippen molar-refractivity contribution in [3.63, 3.8) is 0 Å². The summed E-state index contributed by atoms with van der Waals surface area (Å²) in [5.74, 6) is 4.49. The van der Waals surface area contributed by atoms with E-state index in [1.807, 2.05) is 0 Å². The summed E-state index contributed by atoms with van der Waals surface area (Å²) in [4.78, 5) is 0. The van der Waals surface area contributed by atoms with Crippen LogP contribution in [0.25, 0.3) is 0 Å². The molecule has 0 aliphatic heterocycles. The highest BCUT2D eigenvalue weighted by Gasteiger charge is 2.01. The summed E-state index contributed by atoms with van der Waals surface area (Å²) in [6.45, 7) is -1.03. The van der Waals surface area contributed by atoms with Crippen LogP contribution in [0, 0.1) is 17.7 Å². The van der Waals surface area contributed by atoms with Gasteiger partial charge in [0.15, 0.2) is 0 Å². The SMILES string of the molecule is OCC#Cc1ccc(OCCF)cc1F. The number of aliphatic hydroxyl groups is 1. The molecule has 15 heavy (non-hydrogen) atoms. The van der Waals surface area contributed by atoms with Gasteiger partial charge in [-0.1, -0.05) is 11.8 Å². The molecule has 1 aromatic carbocycles. The lowest BCUT2D eigenvalue weighted by molar-refractivity contribution is 0.272. The van der Waals surface area contributed by atoms with E-state index in [4.69, 9.17) is 9.84 Å². The molecule has 1 rings (SSSR count). The largest absolute Gasteiger partial charge is 0.491 e. The van der Waals surface area contributed by atoms with E-state index in [0.717, 1.165) is 6.07 Å². The van der Waals surface area contributed by atoms with Gasteiger partial charge >= 0.3 is 0 Å². The van der Waals surface area contributed by atoms with Gasteiger partial charge in [0.1, 0.15) is 31.5 Å². The normalized spacial score (nSPS) is 9.27. The zero-order valence-corrected chi connectivity index (χ0v) is 7.96. The van der Waals surface area contributed by atoms with E-state index in [-0.39, 0.29) is 24.5 Å². The highest BCUT2D eigenvalue weighted by Crippen LogP contribution is 2.15. The van der Waals surface area contributed by atoms with Crippen molar-refractivity contribution in [2.24, 2.45) is 0 Å². The summed E-state index contributed by atoms with van der Waals surface area (Å²) in [5, 5.41) is 8.43. The minimum absolute atomic E-state index is 0.0961. The third-order valence-electron chi connectivity index (χ3n) is 1.59. The van der Waals surface area contributed by atoms with Gasteiger partial charge in [-0.2, -0.15) is 0 Å². The van der Waals surface area contributed by atoms with Gasteiger partial charge in [0.25, 0.3) is 0 Å². The molecule has 0 unspecified atom stereocenters. The summed E-state index contributed by atoms with van der Waals surface area (Å²) in [6, 6.07) is 4.06. The Labute approximate surface area is 86.5 Å². The molecule has 0 atom stereocenters. The maximum Gasteiger partial charge on any atom is 0.142 e. The number of alkyl halides is 1. The van der Waals surface area contributed by atoms with Crippen LogP contribution in [-0.4, -0.2) is 25.0 Å². The summed E-state index contributed by atoms with van der Waals surface area (Å²) < 4.78 is 29.9. The van der Waals surface area contributed by atoms with E-state index < -0.39 is 12.5 Å². The quantitative estimate of drug-likeness (QED) is 0.770. The van der Waals surface area contributed by atoms with E-state index in [1.165, 1.54) is 12.1 Å². The van der Waals surface area contributed by atoms with Gasteiger partial charge in [0.2, 0.25) is 0 Å². The second kappa shape index (κ2) is 5.99. The van der Waals surface area contributed by atoms with Crippen LogP contribution < -0.4 is 4.74 Å². The van der Waals surface area contributed by atoms with Crippen LogP contribution in [0.5, 0.6) is 5.75 Å². The lowest BCUT2D eigenvalue weighted by atomic mass is 10.2. The Hall–Kier alpha value is -1.60. The van der Waals surface area contributed by atoms with Crippen molar-refractivity contribution >= 4 is 0 Å². The smallest absolute Gasteiger partial charge is 0.142 e. The number of halogens is 2. The molecule has 0 heterocycles. The lowest BCUT2D eigenvalue weighted by Gasteiger charge is -2.03. The Bertz CT molecular complexity index is 380. The summed E-state index contributed by atoms with van der Waals surface area (Å²) in [6.07, 6.45) is 0. The molecule has 0 bridgehead atoms. The van der Waals surface area contributed by atoms with Crippen molar-refractivity contribution in [3.05, 3.63) is 29.6 Å². The maximum absolute atomic E-state index is 13.2. The van der Waals surface area contributed by atoms with Gasteiger partial charge < -0.3 is 9.84 Å². The molecule has 0 saturated carbocycles. The van der Waals surface area contributed by atoms with E-state index in [1.54, 1.807) is 0 Å².